The van der Waals surface area contributed by atoms with E-state index in [2.05, 4.69) is 162 Å². The van der Waals surface area contributed by atoms with Gasteiger partial charge in [-0.25, -0.2) is 15.0 Å². The smallest absolute Gasteiger partial charge is 0.164 e. The first-order valence-corrected chi connectivity index (χ1v) is 18.6. The Kier molecular flexibility index (Phi) is 7.14. The van der Waals surface area contributed by atoms with Crippen molar-refractivity contribution in [2.24, 2.45) is 0 Å². The van der Waals surface area contributed by atoms with Gasteiger partial charge in [0.1, 0.15) is 0 Å². The summed E-state index contributed by atoms with van der Waals surface area (Å²) in [7, 11) is 0. The zero-order valence-electron chi connectivity index (χ0n) is 29.8. The van der Waals surface area contributed by atoms with Crippen LogP contribution < -0.4 is 0 Å². The van der Waals surface area contributed by atoms with Crippen molar-refractivity contribution in [3.8, 4) is 51.0 Å². The second kappa shape index (κ2) is 12.6. The standard InChI is InChI=1S/C51H32N4/c1-4-15-33(16-5-1)36-28-30-46-43(31-36)41-23-12-13-25-45(41)55(46)47-26-14-24-42-39-22-11-10-21-38(39)40-29-27-37(32-44(40)48(42)47)51-53-49(34-17-6-2-7-18-34)52-50(54-51)35-19-8-3-9-20-35/h1-32H. The fourth-order valence-corrected chi connectivity index (χ4v) is 8.29. The van der Waals surface area contributed by atoms with Crippen molar-refractivity contribution in [2.75, 3.05) is 0 Å². The van der Waals surface area contributed by atoms with E-state index in [1.165, 1.54) is 59.9 Å². The van der Waals surface area contributed by atoms with Crippen LogP contribution in [0.5, 0.6) is 0 Å². The third-order valence-electron chi connectivity index (χ3n) is 10.8. The third kappa shape index (κ3) is 5.11. The lowest BCUT2D eigenvalue weighted by Gasteiger charge is -2.17. The molecule has 0 saturated heterocycles. The van der Waals surface area contributed by atoms with Crippen LogP contribution in [0.15, 0.2) is 194 Å². The zero-order valence-corrected chi connectivity index (χ0v) is 29.8. The van der Waals surface area contributed by atoms with Gasteiger partial charge in [0.25, 0.3) is 0 Å². The summed E-state index contributed by atoms with van der Waals surface area (Å²) in [5.74, 6) is 1.93. The van der Waals surface area contributed by atoms with E-state index in [4.69, 9.17) is 15.0 Å². The Bertz CT molecular complexity index is 3180. The quantitative estimate of drug-likeness (QED) is 0.168. The number of para-hydroxylation sites is 1. The van der Waals surface area contributed by atoms with Crippen molar-refractivity contribution in [3.05, 3.63) is 194 Å². The molecule has 0 fully saturated rings. The lowest BCUT2D eigenvalue weighted by Crippen LogP contribution is -2.00. The van der Waals surface area contributed by atoms with Gasteiger partial charge in [0.15, 0.2) is 17.5 Å². The lowest BCUT2D eigenvalue weighted by molar-refractivity contribution is 1.07. The normalized spacial score (nSPS) is 11.6. The molecular formula is C51H32N4. The van der Waals surface area contributed by atoms with Crippen LogP contribution in [0.3, 0.4) is 0 Å². The van der Waals surface area contributed by atoms with Crippen molar-refractivity contribution >= 4 is 54.1 Å². The van der Waals surface area contributed by atoms with Crippen molar-refractivity contribution < 1.29 is 0 Å². The number of benzene rings is 9. The molecule has 4 nitrogen and oxygen atoms in total. The fourth-order valence-electron chi connectivity index (χ4n) is 8.29. The fraction of sp³-hybridized carbons (Fsp3) is 0. The summed E-state index contributed by atoms with van der Waals surface area (Å²) in [5.41, 5.74) is 8.72. The molecule has 11 aromatic rings. The molecule has 0 aliphatic carbocycles. The molecule has 0 bridgehead atoms. The molecule has 256 valence electrons. The molecule has 0 aliphatic heterocycles. The number of nitrogens with zero attached hydrogens (tertiary/aromatic N) is 4. The van der Waals surface area contributed by atoms with E-state index in [0.717, 1.165) is 27.8 Å². The second-order valence-corrected chi connectivity index (χ2v) is 14.0. The molecule has 2 aromatic heterocycles. The first kappa shape index (κ1) is 31.1. The molecule has 2 heterocycles. The number of hydrogen-bond donors (Lipinski definition) is 0. The average Bonchev–Trinajstić information content (AvgIpc) is 3.60. The van der Waals surface area contributed by atoms with Crippen molar-refractivity contribution in [3.63, 3.8) is 0 Å². The molecule has 0 atom stereocenters. The van der Waals surface area contributed by atoms with Gasteiger partial charge in [-0.1, -0.05) is 164 Å². The van der Waals surface area contributed by atoms with E-state index < -0.39 is 0 Å². The van der Waals surface area contributed by atoms with Crippen molar-refractivity contribution in [1.29, 1.82) is 0 Å². The van der Waals surface area contributed by atoms with Gasteiger partial charge < -0.3 is 4.57 Å². The van der Waals surface area contributed by atoms with Crippen LogP contribution in [0, 0.1) is 0 Å². The van der Waals surface area contributed by atoms with Crippen molar-refractivity contribution in [1.82, 2.24) is 19.5 Å². The highest BCUT2D eigenvalue weighted by molar-refractivity contribution is 6.28. The summed E-state index contributed by atoms with van der Waals surface area (Å²) in [6.07, 6.45) is 0. The van der Waals surface area contributed by atoms with E-state index in [1.807, 2.05) is 36.4 Å². The SMILES string of the molecule is c1ccc(-c2ccc3c(c2)c2ccccc2n3-c2cccc3c4ccccc4c4ccc(-c5nc(-c6ccccc6)nc(-c6ccccc6)n5)cc4c23)cc1. The Morgan fingerprint density at radius 2 is 0.745 bits per heavy atom. The summed E-state index contributed by atoms with van der Waals surface area (Å²) in [4.78, 5) is 15.2. The molecular weight excluding hydrogens is 669 g/mol. The maximum absolute atomic E-state index is 5.11. The molecule has 0 spiro atoms. The molecule has 0 saturated carbocycles. The van der Waals surface area contributed by atoms with Gasteiger partial charge in [-0.05, 0) is 68.4 Å². The van der Waals surface area contributed by atoms with E-state index in [0.29, 0.717) is 17.5 Å². The summed E-state index contributed by atoms with van der Waals surface area (Å²) < 4.78 is 2.45. The number of aromatic nitrogens is 4. The van der Waals surface area contributed by atoms with Crippen LogP contribution in [0.1, 0.15) is 0 Å². The highest BCUT2D eigenvalue weighted by atomic mass is 15.0. The Labute approximate surface area is 317 Å². The molecule has 0 radical (unpaired) electrons. The van der Waals surface area contributed by atoms with Crippen LogP contribution >= 0.6 is 0 Å². The van der Waals surface area contributed by atoms with E-state index in [-0.39, 0.29) is 0 Å². The van der Waals surface area contributed by atoms with Crippen molar-refractivity contribution in [2.45, 2.75) is 0 Å². The molecule has 11 rings (SSSR count). The highest BCUT2D eigenvalue weighted by Gasteiger charge is 2.20. The van der Waals surface area contributed by atoms with Gasteiger partial charge in [-0.2, -0.15) is 0 Å². The van der Waals surface area contributed by atoms with Crippen LogP contribution in [0.4, 0.5) is 0 Å². The topological polar surface area (TPSA) is 43.6 Å². The molecule has 4 heteroatoms. The summed E-state index contributed by atoms with van der Waals surface area (Å²) in [5, 5.41) is 9.63. The minimum Gasteiger partial charge on any atom is -0.309 e. The molecule has 0 N–H and O–H groups in total. The molecule has 0 unspecified atom stereocenters. The van der Waals surface area contributed by atoms with Gasteiger partial charge in [0.05, 0.1) is 16.7 Å². The maximum Gasteiger partial charge on any atom is 0.164 e. The van der Waals surface area contributed by atoms with Gasteiger partial charge >= 0.3 is 0 Å². The van der Waals surface area contributed by atoms with E-state index in [9.17, 15) is 0 Å². The summed E-state index contributed by atoms with van der Waals surface area (Å²) in [6, 6.07) is 68.8. The highest BCUT2D eigenvalue weighted by Crippen LogP contribution is 2.43. The monoisotopic (exact) mass is 700 g/mol. The van der Waals surface area contributed by atoms with Crippen LogP contribution in [-0.2, 0) is 0 Å². The van der Waals surface area contributed by atoms with Crippen LogP contribution in [-0.4, -0.2) is 19.5 Å². The van der Waals surface area contributed by atoms with Crippen LogP contribution in [0.2, 0.25) is 0 Å². The number of hydrogen-bond acceptors (Lipinski definition) is 3. The minimum absolute atomic E-state index is 0.638. The number of rotatable bonds is 5. The Morgan fingerprint density at radius 3 is 1.42 bits per heavy atom. The van der Waals surface area contributed by atoms with Gasteiger partial charge in [0, 0.05) is 32.8 Å². The molecule has 9 aromatic carbocycles. The maximum atomic E-state index is 5.11. The third-order valence-corrected chi connectivity index (χ3v) is 10.8. The Hall–Kier alpha value is -7.43. The minimum atomic E-state index is 0.638. The first-order valence-electron chi connectivity index (χ1n) is 18.6. The van der Waals surface area contributed by atoms with Gasteiger partial charge in [-0.3, -0.25) is 0 Å². The first-order chi connectivity index (χ1) is 27.3. The Balaban J connectivity index is 1.21. The van der Waals surface area contributed by atoms with Crippen LogP contribution in [0.25, 0.3) is 105 Å². The molecule has 55 heavy (non-hydrogen) atoms. The summed E-state index contributed by atoms with van der Waals surface area (Å²) in [6.45, 7) is 0. The largest absolute Gasteiger partial charge is 0.309 e. The zero-order chi connectivity index (χ0) is 36.3. The van der Waals surface area contributed by atoms with Gasteiger partial charge in [0.2, 0.25) is 0 Å². The lowest BCUT2D eigenvalue weighted by atomic mass is 9.92. The van der Waals surface area contributed by atoms with E-state index in [1.54, 1.807) is 0 Å². The van der Waals surface area contributed by atoms with Gasteiger partial charge in [-0.15, -0.1) is 0 Å². The predicted octanol–water partition coefficient (Wildman–Crippen LogP) is 13.1. The second-order valence-electron chi connectivity index (χ2n) is 14.0. The predicted molar refractivity (Wildman–Crippen MR) is 228 cm³/mol. The summed E-state index contributed by atoms with van der Waals surface area (Å²) >= 11 is 0. The average molecular weight is 701 g/mol. The number of fused-ring (bicyclic) bond motifs is 9. The molecule has 0 aliphatic rings. The molecule has 0 amide bonds. The van der Waals surface area contributed by atoms with E-state index >= 15 is 0 Å². The Morgan fingerprint density at radius 1 is 0.273 bits per heavy atom.